The van der Waals surface area contributed by atoms with E-state index in [1.54, 1.807) is 12.2 Å². The SMILES string of the molecule is C=C/C=C\C(C=C)=C/C.Cc1ccc2ccccc2c1. The maximum atomic E-state index is 3.63. The van der Waals surface area contributed by atoms with Crippen molar-refractivity contribution in [3.05, 3.63) is 97.1 Å². The van der Waals surface area contributed by atoms with Gasteiger partial charge in [-0.15, -0.1) is 0 Å². The van der Waals surface area contributed by atoms with Crippen LogP contribution in [0, 0.1) is 6.92 Å². The predicted molar refractivity (Wildman–Crippen MR) is 92.0 cm³/mol. The fourth-order valence-electron chi connectivity index (χ4n) is 1.77. The monoisotopic (exact) mass is 262 g/mol. The molecule has 0 aliphatic heterocycles. The Morgan fingerprint density at radius 3 is 2.30 bits per heavy atom. The first-order chi connectivity index (χ1) is 9.71. The topological polar surface area (TPSA) is 0 Å². The van der Waals surface area contributed by atoms with Crippen LogP contribution in [0.3, 0.4) is 0 Å². The largest absolute Gasteiger partial charge is 0.0991 e. The molecule has 0 spiro atoms. The molecule has 0 unspecified atom stereocenters. The molecule has 2 rings (SSSR count). The van der Waals surface area contributed by atoms with Crippen molar-refractivity contribution in [2.24, 2.45) is 0 Å². The molecule has 0 fully saturated rings. The maximum Gasteiger partial charge on any atom is -0.0181 e. The van der Waals surface area contributed by atoms with Crippen molar-refractivity contribution in [1.29, 1.82) is 0 Å². The zero-order chi connectivity index (χ0) is 14.8. The van der Waals surface area contributed by atoms with Crippen molar-refractivity contribution in [3.8, 4) is 0 Å². The lowest BCUT2D eigenvalue weighted by Gasteiger charge is -1.96. The average molecular weight is 262 g/mol. The van der Waals surface area contributed by atoms with Crippen molar-refractivity contribution in [1.82, 2.24) is 0 Å². The third-order valence-corrected chi connectivity index (χ3v) is 2.90. The van der Waals surface area contributed by atoms with E-state index in [1.807, 2.05) is 25.2 Å². The molecule has 0 atom stereocenters. The zero-order valence-corrected chi connectivity index (χ0v) is 12.3. The third-order valence-electron chi connectivity index (χ3n) is 2.90. The van der Waals surface area contributed by atoms with Gasteiger partial charge in [0.15, 0.2) is 0 Å². The Morgan fingerprint density at radius 2 is 1.70 bits per heavy atom. The standard InChI is InChI=1S/C11H10.C9H12/c1-9-6-7-10-4-2-3-5-11(10)8-9;1-4-7-8-9(5-2)6-3/h2-8H,1H3;4-8H,1-2H2,3H3/b;8-7-,9-6-. The molecule has 2 aromatic carbocycles. The maximum absolute atomic E-state index is 3.63. The highest BCUT2D eigenvalue weighted by atomic mass is 13.9. The quantitative estimate of drug-likeness (QED) is 0.594. The molecular formula is C20H22. The fraction of sp³-hybridized carbons (Fsp3) is 0.100. The van der Waals surface area contributed by atoms with E-state index in [0.717, 1.165) is 5.57 Å². The molecule has 0 amide bonds. The highest BCUT2D eigenvalue weighted by Gasteiger charge is 1.89. The van der Waals surface area contributed by atoms with Gasteiger partial charge in [0.05, 0.1) is 0 Å². The lowest BCUT2D eigenvalue weighted by molar-refractivity contribution is 1.51. The highest BCUT2D eigenvalue weighted by Crippen LogP contribution is 2.14. The second kappa shape index (κ2) is 8.71. The van der Waals surface area contributed by atoms with Crippen molar-refractivity contribution >= 4 is 10.8 Å². The summed E-state index contributed by atoms with van der Waals surface area (Å²) in [6, 6.07) is 14.9. The number of benzene rings is 2. The van der Waals surface area contributed by atoms with Gasteiger partial charge in [-0.25, -0.2) is 0 Å². The van der Waals surface area contributed by atoms with E-state index in [0.29, 0.717) is 0 Å². The zero-order valence-electron chi connectivity index (χ0n) is 12.3. The van der Waals surface area contributed by atoms with E-state index < -0.39 is 0 Å². The Kier molecular flexibility index (Phi) is 6.84. The number of rotatable bonds is 3. The van der Waals surface area contributed by atoms with Crippen molar-refractivity contribution in [2.45, 2.75) is 13.8 Å². The predicted octanol–water partition coefficient (Wildman–Crippen LogP) is 6.01. The molecule has 0 aliphatic rings. The lowest BCUT2D eigenvalue weighted by atomic mass is 10.1. The minimum Gasteiger partial charge on any atom is -0.0991 e. The first-order valence-corrected chi connectivity index (χ1v) is 6.74. The molecule has 0 radical (unpaired) electrons. The van der Waals surface area contributed by atoms with Crippen LogP contribution in [-0.2, 0) is 0 Å². The molecule has 2 aromatic rings. The van der Waals surface area contributed by atoms with E-state index in [9.17, 15) is 0 Å². The van der Waals surface area contributed by atoms with Gasteiger partial charge < -0.3 is 0 Å². The first kappa shape index (κ1) is 15.7. The number of hydrogen-bond donors (Lipinski definition) is 0. The van der Waals surface area contributed by atoms with E-state index in [4.69, 9.17) is 0 Å². The van der Waals surface area contributed by atoms with Gasteiger partial charge in [-0.3, -0.25) is 0 Å². The molecule has 0 heterocycles. The van der Waals surface area contributed by atoms with Crippen LogP contribution in [0.5, 0.6) is 0 Å². The molecule has 0 bridgehead atoms. The molecule has 0 N–H and O–H groups in total. The number of hydrogen-bond acceptors (Lipinski definition) is 0. The summed E-state index contributed by atoms with van der Waals surface area (Å²) in [5, 5.41) is 2.64. The number of allylic oxidation sites excluding steroid dienone is 6. The summed E-state index contributed by atoms with van der Waals surface area (Å²) in [5.74, 6) is 0. The van der Waals surface area contributed by atoms with Crippen LogP contribution in [0.4, 0.5) is 0 Å². The smallest absolute Gasteiger partial charge is 0.0181 e. The molecule has 0 saturated carbocycles. The molecule has 0 saturated heterocycles. The van der Waals surface area contributed by atoms with E-state index >= 15 is 0 Å². The van der Waals surface area contributed by atoms with Gasteiger partial charge in [0, 0.05) is 0 Å². The molecule has 0 heteroatoms. The van der Waals surface area contributed by atoms with Crippen LogP contribution in [0.15, 0.2) is 91.6 Å². The molecular weight excluding hydrogens is 240 g/mol. The van der Waals surface area contributed by atoms with E-state index in [1.165, 1.54) is 16.3 Å². The van der Waals surface area contributed by atoms with Gasteiger partial charge in [-0.1, -0.05) is 91.6 Å². The second-order valence-electron chi connectivity index (χ2n) is 4.44. The van der Waals surface area contributed by atoms with Crippen LogP contribution in [0.2, 0.25) is 0 Å². The van der Waals surface area contributed by atoms with Crippen LogP contribution in [0.25, 0.3) is 10.8 Å². The minimum absolute atomic E-state index is 1.12. The first-order valence-electron chi connectivity index (χ1n) is 6.74. The second-order valence-corrected chi connectivity index (χ2v) is 4.44. The van der Waals surface area contributed by atoms with Gasteiger partial charge in [0.1, 0.15) is 0 Å². The van der Waals surface area contributed by atoms with E-state index in [2.05, 4.69) is 62.5 Å². The summed E-state index contributed by atoms with van der Waals surface area (Å²) in [5.41, 5.74) is 2.44. The van der Waals surface area contributed by atoms with Crippen LogP contribution in [0.1, 0.15) is 12.5 Å². The van der Waals surface area contributed by atoms with Gasteiger partial charge >= 0.3 is 0 Å². The van der Waals surface area contributed by atoms with Gasteiger partial charge in [0.2, 0.25) is 0 Å². The van der Waals surface area contributed by atoms with Crippen molar-refractivity contribution < 1.29 is 0 Å². The Bertz CT molecular complexity index is 627. The van der Waals surface area contributed by atoms with E-state index in [-0.39, 0.29) is 0 Å². The van der Waals surface area contributed by atoms with Crippen LogP contribution >= 0.6 is 0 Å². The molecule has 0 aliphatic carbocycles. The highest BCUT2D eigenvalue weighted by molar-refractivity contribution is 5.82. The van der Waals surface area contributed by atoms with Gasteiger partial charge in [-0.05, 0) is 30.2 Å². The summed E-state index contributed by atoms with van der Waals surface area (Å²) < 4.78 is 0. The third kappa shape index (κ3) is 5.11. The van der Waals surface area contributed by atoms with Crippen molar-refractivity contribution in [2.75, 3.05) is 0 Å². The minimum atomic E-state index is 1.12. The van der Waals surface area contributed by atoms with Crippen molar-refractivity contribution in [3.63, 3.8) is 0 Å². The fourth-order valence-corrected chi connectivity index (χ4v) is 1.77. The molecule has 102 valence electrons. The molecule has 0 nitrogen and oxygen atoms in total. The summed E-state index contributed by atoms with van der Waals surface area (Å²) in [6.07, 6.45) is 9.39. The Labute approximate surface area is 122 Å². The summed E-state index contributed by atoms with van der Waals surface area (Å²) in [4.78, 5) is 0. The normalized spacial score (nSPS) is 11.0. The number of aryl methyl sites for hydroxylation is 1. The summed E-state index contributed by atoms with van der Waals surface area (Å²) >= 11 is 0. The lowest BCUT2D eigenvalue weighted by Crippen LogP contribution is -1.73. The Hall–Kier alpha value is -2.34. The Morgan fingerprint density at radius 1 is 1.00 bits per heavy atom. The molecule has 20 heavy (non-hydrogen) atoms. The average Bonchev–Trinajstić information content (AvgIpc) is 2.49. The van der Waals surface area contributed by atoms with Crippen LogP contribution < -0.4 is 0 Å². The summed E-state index contributed by atoms with van der Waals surface area (Å²) in [7, 11) is 0. The Balaban J connectivity index is 0.000000206. The van der Waals surface area contributed by atoms with Gasteiger partial charge in [0.25, 0.3) is 0 Å². The summed E-state index contributed by atoms with van der Waals surface area (Å²) in [6.45, 7) is 11.3. The number of fused-ring (bicyclic) bond motifs is 1. The van der Waals surface area contributed by atoms with Crippen LogP contribution in [-0.4, -0.2) is 0 Å². The molecule has 0 aromatic heterocycles. The van der Waals surface area contributed by atoms with Gasteiger partial charge in [-0.2, -0.15) is 0 Å².